The number of carbonyl (C=O) groups excluding carboxylic acids is 2. The van der Waals surface area contributed by atoms with Gasteiger partial charge in [-0.1, -0.05) is 36.2 Å². The Morgan fingerprint density at radius 3 is 2.30 bits per heavy atom. The summed E-state index contributed by atoms with van der Waals surface area (Å²) in [7, 11) is 0. The zero-order chi connectivity index (χ0) is 19.1. The summed E-state index contributed by atoms with van der Waals surface area (Å²) in [5, 5.41) is 3.56. The molecule has 27 heavy (non-hydrogen) atoms. The molecule has 0 bridgehead atoms. The van der Waals surface area contributed by atoms with E-state index >= 15 is 0 Å². The molecule has 2 aromatic rings. The van der Waals surface area contributed by atoms with E-state index in [1.807, 2.05) is 12.1 Å². The Morgan fingerprint density at radius 1 is 0.963 bits per heavy atom. The van der Waals surface area contributed by atoms with E-state index in [0.29, 0.717) is 22.8 Å². The van der Waals surface area contributed by atoms with E-state index in [-0.39, 0.29) is 11.7 Å². The van der Waals surface area contributed by atoms with Crippen molar-refractivity contribution in [3.05, 3.63) is 70.8 Å². The number of hydrogen-bond donors (Lipinski definition) is 1. The fraction of sp³-hybridized carbons (Fsp3) is 0.273. The number of benzene rings is 2. The van der Waals surface area contributed by atoms with Gasteiger partial charge < -0.3 is 5.32 Å². The van der Waals surface area contributed by atoms with Gasteiger partial charge in [-0.25, -0.2) is 0 Å². The van der Waals surface area contributed by atoms with E-state index in [9.17, 15) is 9.59 Å². The molecule has 1 aliphatic rings. The highest BCUT2D eigenvalue weighted by Crippen LogP contribution is 2.14. The number of carbonyl (C=O) groups is 2. The molecule has 0 unspecified atom stereocenters. The zero-order valence-electron chi connectivity index (χ0n) is 15.2. The Bertz CT molecular complexity index is 807. The Kier molecular flexibility index (Phi) is 6.80. The molecule has 1 aliphatic heterocycles. The van der Waals surface area contributed by atoms with E-state index < -0.39 is 0 Å². The smallest absolute Gasteiger partial charge is 0.238 e. The van der Waals surface area contributed by atoms with Crippen LogP contribution in [-0.2, 0) is 4.79 Å². The van der Waals surface area contributed by atoms with Crippen LogP contribution in [0.4, 0.5) is 5.69 Å². The number of nitrogens with zero attached hydrogens (tertiary/aromatic N) is 1. The number of rotatable bonds is 6. The van der Waals surface area contributed by atoms with Gasteiger partial charge >= 0.3 is 0 Å². The van der Waals surface area contributed by atoms with Crippen molar-refractivity contribution in [2.24, 2.45) is 0 Å². The number of nitrogens with one attached hydrogen (secondary N) is 1. The molecule has 5 heteroatoms. The van der Waals surface area contributed by atoms with Gasteiger partial charge in [0.05, 0.1) is 6.54 Å². The maximum Gasteiger partial charge on any atom is 0.238 e. The van der Waals surface area contributed by atoms with E-state index in [2.05, 4.69) is 10.2 Å². The van der Waals surface area contributed by atoms with Crippen LogP contribution in [0.3, 0.4) is 0 Å². The molecule has 4 nitrogen and oxygen atoms in total. The van der Waals surface area contributed by atoms with Crippen molar-refractivity contribution in [2.75, 3.05) is 25.0 Å². The van der Waals surface area contributed by atoms with Crippen LogP contribution in [0, 0.1) is 0 Å². The number of allylic oxidation sites excluding steroid dienone is 1. The van der Waals surface area contributed by atoms with Gasteiger partial charge in [-0.2, -0.15) is 0 Å². The second-order valence-corrected chi connectivity index (χ2v) is 7.15. The van der Waals surface area contributed by atoms with Crippen LogP contribution in [0.1, 0.15) is 35.2 Å². The fourth-order valence-electron chi connectivity index (χ4n) is 3.08. The molecule has 1 heterocycles. The fourth-order valence-corrected chi connectivity index (χ4v) is 3.21. The monoisotopic (exact) mass is 382 g/mol. The minimum Gasteiger partial charge on any atom is -0.325 e. The minimum absolute atomic E-state index is 0.0152. The first kappa shape index (κ1) is 19.3. The first-order valence-electron chi connectivity index (χ1n) is 9.20. The number of amides is 1. The largest absolute Gasteiger partial charge is 0.325 e. The second-order valence-electron chi connectivity index (χ2n) is 6.71. The first-order valence-corrected chi connectivity index (χ1v) is 9.58. The first-order chi connectivity index (χ1) is 13.1. The molecule has 0 aliphatic carbocycles. The molecule has 0 radical (unpaired) electrons. The quantitative estimate of drug-likeness (QED) is 0.583. The molecule has 1 saturated heterocycles. The van der Waals surface area contributed by atoms with Crippen molar-refractivity contribution in [1.29, 1.82) is 0 Å². The second kappa shape index (κ2) is 9.49. The molecule has 0 saturated carbocycles. The van der Waals surface area contributed by atoms with Gasteiger partial charge in [0, 0.05) is 16.3 Å². The molecule has 0 aromatic heterocycles. The van der Waals surface area contributed by atoms with Crippen LogP contribution in [0.15, 0.2) is 54.6 Å². The van der Waals surface area contributed by atoms with Gasteiger partial charge in [-0.15, -0.1) is 0 Å². The number of ketones is 1. The maximum absolute atomic E-state index is 12.3. The molecular weight excluding hydrogens is 360 g/mol. The average Bonchev–Trinajstić information content (AvgIpc) is 2.68. The molecular formula is C22H23ClN2O2. The van der Waals surface area contributed by atoms with Gasteiger partial charge in [0.15, 0.2) is 5.78 Å². The van der Waals surface area contributed by atoms with Crippen LogP contribution < -0.4 is 5.32 Å². The van der Waals surface area contributed by atoms with Crippen LogP contribution in [0.5, 0.6) is 0 Å². The molecule has 3 rings (SSSR count). The van der Waals surface area contributed by atoms with Crippen LogP contribution in [0.2, 0.25) is 5.02 Å². The Balaban J connectivity index is 1.53. The van der Waals surface area contributed by atoms with Crippen LogP contribution in [0.25, 0.3) is 6.08 Å². The Labute approximate surface area is 164 Å². The highest BCUT2D eigenvalue weighted by atomic mass is 35.5. The van der Waals surface area contributed by atoms with Gasteiger partial charge in [-0.3, -0.25) is 14.5 Å². The summed E-state index contributed by atoms with van der Waals surface area (Å²) in [6, 6.07) is 14.3. The molecule has 1 fully saturated rings. The van der Waals surface area contributed by atoms with E-state index in [0.717, 1.165) is 31.5 Å². The Hall–Kier alpha value is -2.43. The molecule has 0 atom stereocenters. The van der Waals surface area contributed by atoms with E-state index in [1.165, 1.54) is 12.5 Å². The standard InChI is InChI=1S/C22H23ClN2O2/c23-19-9-4-17(5-10-19)6-13-21(26)18-7-11-20(12-8-18)24-22(27)16-25-14-2-1-3-15-25/h4-13H,1-3,14-16H2,(H,24,27)/b13-6+. The molecule has 1 N–H and O–H groups in total. The lowest BCUT2D eigenvalue weighted by Gasteiger charge is -2.25. The van der Waals surface area contributed by atoms with Gasteiger partial charge in [0.2, 0.25) is 5.91 Å². The summed E-state index contributed by atoms with van der Waals surface area (Å²) in [4.78, 5) is 26.6. The minimum atomic E-state index is -0.0869. The van der Waals surface area contributed by atoms with Gasteiger partial charge in [0.1, 0.15) is 0 Å². The number of halogens is 1. The maximum atomic E-state index is 12.3. The predicted octanol–water partition coefficient (Wildman–Crippen LogP) is 4.66. The van der Waals surface area contributed by atoms with Crippen molar-refractivity contribution in [1.82, 2.24) is 4.90 Å². The van der Waals surface area contributed by atoms with Crippen LogP contribution >= 0.6 is 11.6 Å². The number of likely N-dealkylation sites (tertiary alicyclic amines) is 1. The van der Waals surface area contributed by atoms with Gasteiger partial charge in [0.25, 0.3) is 0 Å². The lowest BCUT2D eigenvalue weighted by atomic mass is 10.1. The molecule has 2 aromatic carbocycles. The summed E-state index contributed by atoms with van der Waals surface area (Å²) >= 11 is 5.85. The third-order valence-electron chi connectivity index (χ3n) is 4.57. The molecule has 140 valence electrons. The normalized spacial score (nSPS) is 15.0. The number of anilines is 1. The van der Waals surface area contributed by atoms with E-state index in [1.54, 1.807) is 42.5 Å². The third kappa shape index (κ3) is 6.05. The summed E-state index contributed by atoms with van der Waals surface area (Å²) in [6.45, 7) is 2.39. The topological polar surface area (TPSA) is 49.4 Å². The van der Waals surface area contributed by atoms with Crippen molar-refractivity contribution < 1.29 is 9.59 Å². The summed E-state index contributed by atoms with van der Waals surface area (Å²) in [6.07, 6.45) is 6.86. The van der Waals surface area contributed by atoms with E-state index in [4.69, 9.17) is 11.6 Å². The van der Waals surface area contributed by atoms with Crippen LogP contribution in [-0.4, -0.2) is 36.2 Å². The molecule has 0 spiro atoms. The lowest BCUT2D eigenvalue weighted by Crippen LogP contribution is -2.36. The average molecular weight is 383 g/mol. The summed E-state index contributed by atoms with van der Waals surface area (Å²) < 4.78 is 0. The summed E-state index contributed by atoms with van der Waals surface area (Å²) in [5.41, 5.74) is 2.19. The zero-order valence-corrected chi connectivity index (χ0v) is 15.9. The van der Waals surface area contributed by atoms with Gasteiger partial charge in [-0.05, 0) is 74.0 Å². The highest BCUT2D eigenvalue weighted by molar-refractivity contribution is 6.30. The highest BCUT2D eigenvalue weighted by Gasteiger charge is 2.14. The van der Waals surface area contributed by atoms with Crippen molar-refractivity contribution >= 4 is 35.1 Å². The van der Waals surface area contributed by atoms with Crippen molar-refractivity contribution in [3.63, 3.8) is 0 Å². The van der Waals surface area contributed by atoms with Crippen molar-refractivity contribution in [3.8, 4) is 0 Å². The Morgan fingerprint density at radius 2 is 1.63 bits per heavy atom. The number of piperidine rings is 1. The molecule has 1 amide bonds. The van der Waals surface area contributed by atoms with Crippen molar-refractivity contribution in [2.45, 2.75) is 19.3 Å². The predicted molar refractivity (Wildman–Crippen MR) is 110 cm³/mol. The third-order valence-corrected chi connectivity index (χ3v) is 4.82. The number of hydrogen-bond acceptors (Lipinski definition) is 3. The SMILES string of the molecule is O=C(CN1CCCCC1)Nc1ccc(C(=O)/C=C/c2ccc(Cl)cc2)cc1. The summed E-state index contributed by atoms with van der Waals surface area (Å²) in [5.74, 6) is -0.102. The lowest BCUT2D eigenvalue weighted by molar-refractivity contribution is -0.117.